The summed E-state index contributed by atoms with van der Waals surface area (Å²) in [6.45, 7) is 1.71. The van der Waals surface area contributed by atoms with Gasteiger partial charge in [-0.15, -0.1) is 0 Å². The van der Waals surface area contributed by atoms with Crippen molar-refractivity contribution in [3.63, 3.8) is 0 Å². The number of ether oxygens (including phenoxy) is 1. The van der Waals surface area contributed by atoms with Crippen molar-refractivity contribution in [1.82, 2.24) is 9.80 Å². The molecule has 0 aromatic carbocycles. The zero-order chi connectivity index (χ0) is 13.1. The molecule has 2 heterocycles. The molecular formula is C11H18N2O4S. The number of rotatable bonds is 2. The van der Waals surface area contributed by atoms with Crippen molar-refractivity contribution in [3.8, 4) is 0 Å². The number of hydrogen-bond donors (Lipinski definition) is 1. The predicted octanol–water partition coefficient (Wildman–Crippen LogP) is 0.329. The van der Waals surface area contributed by atoms with Crippen LogP contribution in [0.4, 0.5) is 4.79 Å². The maximum Gasteiger partial charge on any atom is 0.327 e. The van der Waals surface area contributed by atoms with E-state index in [0.29, 0.717) is 25.5 Å². The van der Waals surface area contributed by atoms with Gasteiger partial charge in [0.2, 0.25) is 0 Å². The number of carbonyl (C=O) groups excluding carboxylic acids is 1. The molecule has 0 aromatic rings. The Morgan fingerprint density at radius 3 is 2.89 bits per heavy atom. The maximum absolute atomic E-state index is 12.3. The SMILES string of the molecule is CN(C(=O)N1CCSCC1C(=O)O)C1CCOC1. The third-order valence-electron chi connectivity index (χ3n) is 3.41. The van der Waals surface area contributed by atoms with Gasteiger partial charge in [-0.05, 0) is 6.42 Å². The van der Waals surface area contributed by atoms with Crippen molar-refractivity contribution in [2.75, 3.05) is 38.3 Å². The van der Waals surface area contributed by atoms with Crippen LogP contribution in [0.3, 0.4) is 0 Å². The Balaban J connectivity index is 2.03. The van der Waals surface area contributed by atoms with E-state index in [1.54, 1.807) is 23.7 Å². The van der Waals surface area contributed by atoms with Gasteiger partial charge in [-0.2, -0.15) is 11.8 Å². The lowest BCUT2D eigenvalue weighted by Crippen LogP contribution is -2.56. The topological polar surface area (TPSA) is 70.1 Å². The maximum atomic E-state index is 12.3. The van der Waals surface area contributed by atoms with Crippen LogP contribution in [-0.4, -0.2) is 77.3 Å². The summed E-state index contributed by atoms with van der Waals surface area (Å²) < 4.78 is 5.26. The standard InChI is InChI=1S/C11H18N2O4S/c1-12(8-2-4-17-6-8)11(16)13-3-5-18-7-9(13)10(14)15/h8-9H,2-7H2,1H3,(H,14,15). The molecule has 2 atom stereocenters. The second kappa shape index (κ2) is 5.79. The second-order valence-electron chi connectivity index (χ2n) is 4.53. The number of hydrogen-bond acceptors (Lipinski definition) is 4. The van der Waals surface area contributed by atoms with Crippen LogP contribution in [0.1, 0.15) is 6.42 Å². The van der Waals surface area contributed by atoms with E-state index in [-0.39, 0.29) is 12.1 Å². The van der Waals surface area contributed by atoms with Crippen LogP contribution in [0.2, 0.25) is 0 Å². The highest BCUT2D eigenvalue weighted by Gasteiger charge is 2.36. The molecule has 0 bridgehead atoms. The van der Waals surface area contributed by atoms with Crippen molar-refractivity contribution >= 4 is 23.8 Å². The third-order valence-corrected chi connectivity index (χ3v) is 4.44. The van der Waals surface area contributed by atoms with Gasteiger partial charge in [-0.1, -0.05) is 0 Å². The van der Waals surface area contributed by atoms with Gasteiger partial charge in [0, 0.05) is 31.7 Å². The van der Waals surface area contributed by atoms with Crippen molar-refractivity contribution in [2.24, 2.45) is 0 Å². The lowest BCUT2D eigenvalue weighted by atomic mass is 10.2. The number of urea groups is 1. The molecule has 0 saturated carbocycles. The molecule has 6 nitrogen and oxygen atoms in total. The normalized spacial score (nSPS) is 28.2. The summed E-state index contributed by atoms with van der Waals surface area (Å²) >= 11 is 1.58. The summed E-state index contributed by atoms with van der Waals surface area (Å²) in [4.78, 5) is 26.6. The van der Waals surface area contributed by atoms with E-state index in [1.165, 1.54) is 4.90 Å². The van der Waals surface area contributed by atoms with E-state index in [9.17, 15) is 9.59 Å². The van der Waals surface area contributed by atoms with Gasteiger partial charge in [0.05, 0.1) is 12.6 Å². The number of likely N-dealkylation sites (N-methyl/N-ethyl adjacent to an activating group) is 1. The lowest BCUT2D eigenvalue weighted by molar-refractivity contribution is -0.141. The highest BCUT2D eigenvalue weighted by atomic mass is 32.2. The molecule has 1 N–H and O–H groups in total. The second-order valence-corrected chi connectivity index (χ2v) is 5.68. The first kappa shape index (κ1) is 13.5. The Morgan fingerprint density at radius 1 is 1.50 bits per heavy atom. The largest absolute Gasteiger partial charge is 0.480 e. The first-order valence-corrected chi connectivity index (χ1v) is 7.18. The van der Waals surface area contributed by atoms with Gasteiger partial charge in [0.1, 0.15) is 6.04 Å². The molecule has 2 rings (SSSR count). The number of thioether (sulfide) groups is 1. The van der Waals surface area contributed by atoms with Gasteiger partial charge in [0.25, 0.3) is 0 Å². The molecule has 2 aliphatic heterocycles. The molecule has 0 aliphatic carbocycles. The number of carbonyl (C=O) groups is 2. The number of amides is 2. The minimum atomic E-state index is -0.924. The minimum absolute atomic E-state index is 0.0709. The molecule has 102 valence electrons. The van der Waals surface area contributed by atoms with Crippen LogP contribution in [0.15, 0.2) is 0 Å². The molecule has 7 heteroatoms. The van der Waals surface area contributed by atoms with Crippen LogP contribution in [0, 0.1) is 0 Å². The Labute approximate surface area is 110 Å². The molecule has 0 spiro atoms. The molecule has 2 amide bonds. The summed E-state index contributed by atoms with van der Waals surface area (Å²) in [7, 11) is 1.72. The molecule has 2 saturated heterocycles. The van der Waals surface area contributed by atoms with Gasteiger partial charge in [-0.25, -0.2) is 9.59 Å². The van der Waals surface area contributed by atoms with Gasteiger partial charge in [-0.3, -0.25) is 0 Å². The average Bonchev–Trinajstić information content (AvgIpc) is 2.90. The van der Waals surface area contributed by atoms with Gasteiger partial charge >= 0.3 is 12.0 Å². The Kier molecular flexibility index (Phi) is 4.34. The van der Waals surface area contributed by atoms with Crippen molar-refractivity contribution in [2.45, 2.75) is 18.5 Å². The minimum Gasteiger partial charge on any atom is -0.480 e. The Morgan fingerprint density at radius 2 is 2.28 bits per heavy atom. The first-order chi connectivity index (χ1) is 8.61. The smallest absolute Gasteiger partial charge is 0.327 e. The lowest BCUT2D eigenvalue weighted by Gasteiger charge is -2.37. The quantitative estimate of drug-likeness (QED) is 0.786. The van der Waals surface area contributed by atoms with Crippen LogP contribution < -0.4 is 0 Å². The van der Waals surface area contributed by atoms with E-state index in [4.69, 9.17) is 9.84 Å². The highest BCUT2D eigenvalue weighted by Crippen LogP contribution is 2.20. The first-order valence-electron chi connectivity index (χ1n) is 6.03. The van der Waals surface area contributed by atoms with E-state index in [2.05, 4.69) is 0 Å². The van der Waals surface area contributed by atoms with E-state index < -0.39 is 12.0 Å². The zero-order valence-electron chi connectivity index (χ0n) is 10.4. The van der Waals surface area contributed by atoms with Gasteiger partial charge in [0.15, 0.2) is 0 Å². The van der Waals surface area contributed by atoms with Crippen LogP contribution in [0.25, 0.3) is 0 Å². The third kappa shape index (κ3) is 2.72. The zero-order valence-corrected chi connectivity index (χ0v) is 11.2. The molecule has 2 unspecified atom stereocenters. The van der Waals surface area contributed by atoms with E-state index in [0.717, 1.165) is 12.2 Å². The van der Waals surface area contributed by atoms with Crippen molar-refractivity contribution in [3.05, 3.63) is 0 Å². The Bertz CT molecular complexity index is 333. The average molecular weight is 274 g/mol. The molecule has 2 aliphatic rings. The molecule has 0 aromatic heterocycles. The summed E-state index contributed by atoms with van der Waals surface area (Å²) in [5.74, 6) is 0.340. The molecule has 18 heavy (non-hydrogen) atoms. The van der Waals surface area contributed by atoms with E-state index in [1.807, 2.05) is 0 Å². The molecular weight excluding hydrogens is 256 g/mol. The summed E-state index contributed by atoms with van der Waals surface area (Å²) in [5, 5.41) is 9.15. The summed E-state index contributed by atoms with van der Waals surface area (Å²) in [5.41, 5.74) is 0. The number of nitrogens with zero attached hydrogens (tertiary/aromatic N) is 2. The molecule has 2 fully saturated rings. The monoisotopic (exact) mass is 274 g/mol. The fraction of sp³-hybridized carbons (Fsp3) is 0.818. The van der Waals surface area contributed by atoms with Crippen LogP contribution in [-0.2, 0) is 9.53 Å². The van der Waals surface area contributed by atoms with Crippen LogP contribution >= 0.6 is 11.8 Å². The fourth-order valence-electron chi connectivity index (χ4n) is 2.22. The Hall–Kier alpha value is -0.950. The van der Waals surface area contributed by atoms with Crippen molar-refractivity contribution in [1.29, 1.82) is 0 Å². The number of carboxylic acid groups (broad SMARTS) is 1. The summed E-state index contributed by atoms with van der Waals surface area (Å²) in [6.07, 6.45) is 0.822. The van der Waals surface area contributed by atoms with Gasteiger partial charge < -0.3 is 19.6 Å². The van der Waals surface area contributed by atoms with Crippen LogP contribution in [0.5, 0.6) is 0 Å². The van der Waals surface area contributed by atoms with E-state index >= 15 is 0 Å². The fourth-order valence-corrected chi connectivity index (χ4v) is 3.26. The number of carboxylic acids is 1. The predicted molar refractivity (Wildman–Crippen MR) is 67.8 cm³/mol. The number of aliphatic carboxylic acids is 1. The van der Waals surface area contributed by atoms with Crippen molar-refractivity contribution < 1.29 is 19.4 Å². The summed E-state index contributed by atoms with van der Waals surface area (Å²) in [6, 6.07) is -0.833. The molecule has 0 radical (unpaired) electrons. The highest BCUT2D eigenvalue weighted by molar-refractivity contribution is 7.99.